The summed E-state index contributed by atoms with van der Waals surface area (Å²) in [4.78, 5) is 20.7. The molecule has 0 aromatic heterocycles. The van der Waals surface area contributed by atoms with Crippen LogP contribution < -0.4 is 4.72 Å². The Labute approximate surface area is 136 Å². The van der Waals surface area contributed by atoms with E-state index in [1.165, 1.54) is 18.2 Å². The number of nitro benzene ring substituents is 1. The molecular formula is C14H11FN2O6S. The number of non-ortho nitro benzene ring substituents is 1. The van der Waals surface area contributed by atoms with Gasteiger partial charge in [0.25, 0.3) is 15.7 Å². The molecule has 0 aliphatic carbocycles. The summed E-state index contributed by atoms with van der Waals surface area (Å²) in [6.07, 6.45) is 0. The van der Waals surface area contributed by atoms with Gasteiger partial charge in [-0.05, 0) is 24.3 Å². The van der Waals surface area contributed by atoms with Crippen LogP contribution >= 0.6 is 0 Å². The van der Waals surface area contributed by atoms with Crippen LogP contribution in [0.5, 0.6) is 0 Å². The summed E-state index contributed by atoms with van der Waals surface area (Å²) in [5.41, 5.74) is -0.607. The molecule has 2 rings (SSSR count). The third-order valence-electron chi connectivity index (χ3n) is 2.95. The minimum atomic E-state index is -4.41. The normalized spacial score (nSPS) is 10.9. The SMILES string of the molecule is COC(=O)c1ccc(F)c(S(=O)(=O)Nc2cccc([N+](=O)[O-])c2)c1. The number of nitrogens with zero attached hydrogens (tertiary/aromatic N) is 1. The zero-order valence-corrected chi connectivity index (χ0v) is 13.0. The van der Waals surface area contributed by atoms with Gasteiger partial charge in [-0.2, -0.15) is 0 Å². The van der Waals surface area contributed by atoms with Crippen molar-refractivity contribution in [3.05, 3.63) is 64.0 Å². The fraction of sp³-hybridized carbons (Fsp3) is 0.0714. The van der Waals surface area contributed by atoms with E-state index in [2.05, 4.69) is 4.74 Å². The van der Waals surface area contributed by atoms with Crippen molar-refractivity contribution in [2.75, 3.05) is 11.8 Å². The number of halogens is 1. The van der Waals surface area contributed by atoms with Gasteiger partial charge in [-0.3, -0.25) is 14.8 Å². The molecule has 0 aliphatic rings. The van der Waals surface area contributed by atoms with Crippen molar-refractivity contribution in [1.82, 2.24) is 0 Å². The summed E-state index contributed by atoms with van der Waals surface area (Å²) in [6, 6.07) is 7.42. The Kier molecular flexibility index (Phi) is 4.79. The Morgan fingerprint density at radius 1 is 1.25 bits per heavy atom. The zero-order chi connectivity index (χ0) is 17.9. The lowest BCUT2D eigenvalue weighted by molar-refractivity contribution is -0.384. The number of anilines is 1. The molecule has 0 fully saturated rings. The molecule has 8 nitrogen and oxygen atoms in total. The topological polar surface area (TPSA) is 116 Å². The van der Waals surface area contributed by atoms with Crippen molar-refractivity contribution in [1.29, 1.82) is 0 Å². The summed E-state index contributed by atoms with van der Waals surface area (Å²) >= 11 is 0. The quantitative estimate of drug-likeness (QED) is 0.500. The van der Waals surface area contributed by atoms with Crippen molar-refractivity contribution >= 4 is 27.4 Å². The van der Waals surface area contributed by atoms with Gasteiger partial charge in [-0.25, -0.2) is 17.6 Å². The number of hydrogen-bond acceptors (Lipinski definition) is 6. The van der Waals surface area contributed by atoms with Crippen LogP contribution in [-0.4, -0.2) is 26.4 Å². The third-order valence-corrected chi connectivity index (χ3v) is 4.35. The van der Waals surface area contributed by atoms with Crippen LogP contribution in [0.25, 0.3) is 0 Å². The monoisotopic (exact) mass is 354 g/mol. The van der Waals surface area contributed by atoms with E-state index < -0.39 is 31.6 Å². The molecular weight excluding hydrogens is 343 g/mol. The lowest BCUT2D eigenvalue weighted by atomic mass is 10.2. The third kappa shape index (κ3) is 3.66. The highest BCUT2D eigenvalue weighted by atomic mass is 32.2. The van der Waals surface area contributed by atoms with Gasteiger partial charge in [0.05, 0.1) is 23.3 Å². The Hall–Kier alpha value is -3.01. The molecule has 0 saturated carbocycles. The van der Waals surface area contributed by atoms with E-state index in [9.17, 15) is 27.7 Å². The maximum Gasteiger partial charge on any atom is 0.337 e. The smallest absolute Gasteiger partial charge is 0.337 e. The van der Waals surface area contributed by atoms with Crippen LogP contribution in [0.3, 0.4) is 0 Å². The number of nitrogens with one attached hydrogen (secondary N) is 1. The summed E-state index contributed by atoms with van der Waals surface area (Å²) in [7, 11) is -3.31. The van der Waals surface area contributed by atoms with Gasteiger partial charge >= 0.3 is 5.97 Å². The molecule has 24 heavy (non-hydrogen) atoms. The van der Waals surface area contributed by atoms with Crippen LogP contribution in [0.15, 0.2) is 47.4 Å². The number of carbonyl (C=O) groups is 1. The van der Waals surface area contributed by atoms with E-state index in [1.54, 1.807) is 0 Å². The van der Waals surface area contributed by atoms with E-state index in [-0.39, 0.29) is 16.9 Å². The van der Waals surface area contributed by atoms with E-state index in [0.29, 0.717) is 0 Å². The predicted octanol–water partition coefficient (Wildman–Crippen LogP) is 2.32. The number of esters is 1. The van der Waals surface area contributed by atoms with E-state index >= 15 is 0 Å². The number of carbonyl (C=O) groups excluding carboxylic acids is 1. The first-order valence-electron chi connectivity index (χ1n) is 6.40. The number of hydrogen-bond donors (Lipinski definition) is 1. The standard InChI is InChI=1S/C14H11FN2O6S/c1-23-14(18)9-5-6-12(15)13(7-9)24(21,22)16-10-3-2-4-11(8-10)17(19)20/h2-8,16H,1H3. The number of methoxy groups -OCH3 is 1. The second kappa shape index (κ2) is 6.62. The van der Waals surface area contributed by atoms with Crippen molar-refractivity contribution in [3.8, 4) is 0 Å². The Morgan fingerprint density at radius 3 is 2.58 bits per heavy atom. The number of sulfonamides is 1. The molecule has 0 spiro atoms. The van der Waals surface area contributed by atoms with Gasteiger partial charge in [0.2, 0.25) is 0 Å². The summed E-state index contributed by atoms with van der Waals surface area (Å²) in [5.74, 6) is -1.91. The van der Waals surface area contributed by atoms with Gasteiger partial charge in [0.15, 0.2) is 0 Å². The maximum atomic E-state index is 13.9. The molecule has 0 atom stereocenters. The zero-order valence-electron chi connectivity index (χ0n) is 12.2. The highest BCUT2D eigenvalue weighted by Gasteiger charge is 2.22. The molecule has 2 aromatic carbocycles. The van der Waals surface area contributed by atoms with Crippen LogP contribution in [0.2, 0.25) is 0 Å². The molecule has 0 radical (unpaired) electrons. The molecule has 0 saturated heterocycles. The molecule has 0 bridgehead atoms. The van der Waals surface area contributed by atoms with E-state index in [4.69, 9.17) is 0 Å². The summed E-state index contributed by atoms with van der Waals surface area (Å²) in [5, 5.41) is 10.7. The van der Waals surface area contributed by atoms with Gasteiger partial charge in [-0.15, -0.1) is 0 Å². The van der Waals surface area contributed by atoms with Crippen LogP contribution in [0.1, 0.15) is 10.4 Å². The Bertz CT molecular complexity index is 913. The van der Waals surface area contributed by atoms with Gasteiger partial charge < -0.3 is 4.74 Å². The van der Waals surface area contributed by atoms with Gasteiger partial charge in [0.1, 0.15) is 10.7 Å². The highest BCUT2D eigenvalue weighted by Crippen LogP contribution is 2.23. The molecule has 126 valence electrons. The van der Waals surface area contributed by atoms with E-state index in [0.717, 1.165) is 31.4 Å². The summed E-state index contributed by atoms with van der Waals surface area (Å²) < 4.78 is 44.9. The van der Waals surface area contributed by atoms with Crippen molar-refractivity contribution in [2.24, 2.45) is 0 Å². The fourth-order valence-corrected chi connectivity index (χ4v) is 3.00. The van der Waals surface area contributed by atoms with Crippen molar-refractivity contribution in [3.63, 3.8) is 0 Å². The molecule has 0 amide bonds. The van der Waals surface area contributed by atoms with E-state index in [1.807, 2.05) is 4.72 Å². The average molecular weight is 354 g/mol. The maximum absolute atomic E-state index is 13.9. The number of ether oxygens (including phenoxy) is 1. The Balaban J connectivity index is 2.42. The first-order chi connectivity index (χ1) is 11.2. The summed E-state index contributed by atoms with van der Waals surface area (Å²) in [6.45, 7) is 0. The second-order valence-electron chi connectivity index (χ2n) is 4.55. The molecule has 0 unspecified atom stereocenters. The fourth-order valence-electron chi connectivity index (χ4n) is 1.85. The van der Waals surface area contributed by atoms with Crippen LogP contribution in [0.4, 0.5) is 15.8 Å². The number of nitro groups is 1. The van der Waals surface area contributed by atoms with Gasteiger partial charge in [0, 0.05) is 12.1 Å². The second-order valence-corrected chi connectivity index (χ2v) is 6.20. The molecule has 2 aromatic rings. The van der Waals surface area contributed by atoms with Crippen molar-refractivity contribution < 1.29 is 27.3 Å². The minimum absolute atomic E-state index is 0.118. The number of rotatable bonds is 5. The predicted molar refractivity (Wildman–Crippen MR) is 81.6 cm³/mol. The molecule has 0 aliphatic heterocycles. The first-order valence-corrected chi connectivity index (χ1v) is 7.88. The van der Waals surface area contributed by atoms with Crippen LogP contribution in [0, 0.1) is 15.9 Å². The van der Waals surface area contributed by atoms with Crippen LogP contribution in [-0.2, 0) is 14.8 Å². The number of benzene rings is 2. The Morgan fingerprint density at radius 2 is 1.96 bits per heavy atom. The van der Waals surface area contributed by atoms with Gasteiger partial charge in [-0.1, -0.05) is 6.07 Å². The molecule has 10 heteroatoms. The molecule has 0 heterocycles. The lowest BCUT2D eigenvalue weighted by Gasteiger charge is -2.10. The van der Waals surface area contributed by atoms with Crippen molar-refractivity contribution in [2.45, 2.75) is 4.90 Å². The first kappa shape index (κ1) is 17.3. The lowest BCUT2D eigenvalue weighted by Crippen LogP contribution is -2.16. The minimum Gasteiger partial charge on any atom is -0.465 e. The molecule has 1 N–H and O–H groups in total. The largest absolute Gasteiger partial charge is 0.465 e. The average Bonchev–Trinajstić information content (AvgIpc) is 2.54. The highest BCUT2D eigenvalue weighted by molar-refractivity contribution is 7.92.